The molecule has 0 saturated heterocycles. The molecule has 0 bridgehead atoms. The number of ketones is 1. The highest BCUT2D eigenvalue weighted by molar-refractivity contribution is 6.33. The van der Waals surface area contributed by atoms with Gasteiger partial charge >= 0.3 is 0 Å². The minimum absolute atomic E-state index is 0.00850. The van der Waals surface area contributed by atoms with Crippen LogP contribution in [0.4, 0.5) is 0 Å². The largest absolute Gasteiger partial charge is 0.383 e. The molecule has 0 aliphatic rings. The number of Topliss-reactive ketones (excluding diaryl/α,β-unsaturated/α-hetero) is 1. The second-order valence-electron chi connectivity index (χ2n) is 4.97. The fraction of sp³-hybridized carbons (Fsp3) is 0.375. The first-order chi connectivity index (χ1) is 10.1. The zero-order valence-electron chi connectivity index (χ0n) is 12.3. The van der Waals surface area contributed by atoms with Gasteiger partial charge in [-0.25, -0.2) is 0 Å². The van der Waals surface area contributed by atoms with Crippen molar-refractivity contribution in [2.45, 2.75) is 26.3 Å². The van der Waals surface area contributed by atoms with E-state index in [0.717, 1.165) is 5.56 Å². The van der Waals surface area contributed by atoms with Crippen LogP contribution < -0.4 is 0 Å². The summed E-state index contributed by atoms with van der Waals surface area (Å²) >= 11 is 6.08. The van der Waals surface area contributed by atoms with Gasteiger partial charge in [-0.3, -0.25) is 9.48 Å². The number of hydrogen-bond acceptors (Lipinski definition) is 3. The van der Waals surface area contributed by atoms with Gasteiger partial charge in [0.05, 0.1) is 24.4 Å². The first-order valence-corrected chi connectivity index (χ1v) is 7.28. The number of methoxy groups -OCH3 is 1. The van der Waals surface area contributed by atoms with E-state index in [1.54, 1.807) is 11.8 Å². The monoisotopic (exact) mass is 306 g/mol. The molecule has 0 amide bonds. The van der Waals surface area contributed by atoms with Crippen LogP contribution in [0, 0.1) is 6.92 Å². The molecule has 21 heavy (non-hydrogen) atoms. The van der Waals surface area contributed by atoms with Crippen molar-refractivity contribution < 1.29 is 9.53 Å². The van der Waals surface area contributed by atoms with Gasteiger partial charge in [0, 0.05) is 13.5 Å². The molecule has 2 rings (SSSR count). The van der Waals surface area contributed by atoms with Gasteiger partial charge in [0.2, 0.25) is 0 Å². The van der Waals surface area contributed by atoms with E-state index in [-0.39, 0.29) is 5.78 Å². The van der Waals surface area contributed by atoms with Crippen molar-refractivity contribution in [1.29, 1.82) is 0 Å². The molecular weight excluding hydrogens is 288 g/mol. The van der Waals surface area contributed by atoms with E-state index >= 15 is 0 Å². The van der Waals surface area contributed by atoms with Gasteiger partial charge in [-0.1, -0.05) is 41.4 Å². The fourth-order valence-corrected chi connectivity index (χ4v) is 2.36. The summed E-state index contributed by atoms with van der Waals surface area (Å²) in [6.45, 7) is 3.06. The van der Waals surface area contributed by atoms with Crippen LogP contribution in [0.3, 0.4) is 0 Å². The van der Waals surface area contributed by atoms with Crippen LogP contribution in [0.5, 0.6) is 0 Å². The smallest absolute Gasteiger partial charge is 0.182 e. The normalized spacial score (nSPS) is 10.8. The standard InChI is InChI=1S/C16H19ClN2O2/c1-12-3-5-13(6-4-12)7-8-15(20)16-14(17)11-18-19(16)9-10-21-2/h3-6,11H,7-10H2,1-2H3. The van der Waals surface area contributed by atoms with Crippen molar-refractivity contribution >= 4 is 17.4 Å². The number of nitrogens with zero attached hydrogens (tertiary/aromatic N) is 2. The zero-order valence-corrected chi connectivity index (χ0v) is 13.1. The van der Waals surface area contributed by atoms with E-state index in [4.69, 9.17) is 16.3 Å². The Labute approximate surface area is 129 Å². The van der Waals surface area contributed by atoms with E-state index < -0.39 is 0 Å². The summed E-state index contributed by atoms with van der Waals surface area (Å²) < 4.78 is 6.63. The van der Waals surface area contributed by atoms with E-state index in [1.165, 1.54) is 11.8 Å². The van der Waals surface area contributed by atoms with E-state index in [9.17, 15) is 4.79 Å². The lowest BCUT2D eigenvalue weighted by molar-refractivity contribution is 0.0969. The Balaban J connectivity index is 2.02. The maximum atomic E-state index is 12.4. The molecule has 112 valence electrons. The Hall–Kier alpha value is -1.65. The van der Waals surface area contributed by atoms with Crippen LogP contribution in [0.2, 0.25) is 5.02 Å². The Morgan fingerprint density at radius 1 is 1.33 bits per heavy atom. The molecule has 4 nitrogen and oxygen atoms in total. The number of halogens is 1. The average Bonchev–Trinajstić information content (AvgIpc) is 2.85. The van der Waals surface area contributed by atoms with Gasteiger partial charge in [0.25, 0.3) is 0 Å². The first-order valence-electron chi connectivity index (χ1n) is 6.91. The summed E-state index contributed by atoms with van der Waals surface area (Å²) in [5.74, 6) is 0.00850. The Bertz CT molecular complexity index is 605. The predicted octanol–water partition coefficient (Wildman–Crippen LogP) is 3.31. The van der Waals surface area contributed by atoms with Crippen LogP contribution in [0.1, 0.15) is 28.0 Å². The molecule has 0 aliphatic heterocycles. The average molecular weight is 307 g/mol. The lowest BCUT2D eigenvalue weighted by Crippen LogP contribution is -2.14. The van der Waals surface area contributed by atoms with E-state index in [2.05, 4.69) is 17.2 Å². The van der Waals surface area contributed by atoms with Gasteiger partial charge in [-0.05, 0) is 18.9 Å². The molecule has 0 radical (unpaired) electrons. The molecule has 0 saturated carbocycles. The second-order valence-corrected chi connectivity index (χ2v) is 5.37. The maximum Gasteiger partial charge on any atom is 0.182 e. The molecule has 0 spiro atoms. The van der Waals surface area contributed by atoms with Crippen molar-refractivity contribution in [3.8, 4) is 0 Å². The number of ether oxygens (including phenoxy) is 1. The summed E-state index contributed by atoms with van der Waals surface area (Å²) in [6.07, 6.45) is 2.63. The summed E-state index contributed by atoms with van der Waals surface area (Å²) in [4.78, 5) is 12.4. The molecule has 1 aromatic heterocycles. The molecule has 0 unspecified atom stereocenters. The van der Waals surface area contributed by atoms with Gasteiger partial charge in [0.15, 0.2) is 5.78 Å². The van der Waals surface area contributed by atoms with Crippen LogP contribution in [0.25, 0.3) is 0 Å². The minimum atomic E-state index is 0.00850. The van der Waals surface area contributed by atoms with Crippen molar-refractivity contribution in [2.75, 3.05) is 13.7 Å². The summed E-state index contributed by atoms with van der Waals surface area (Å²) in [5, 5.41) is 4.53. The quantitative estimate of drug-likeness (QED) is 0.737. The summed E-state index contributed by atoms with van der Waals surface area (Å²) in [6, 6.07) is 8.20. The van der Waals surface area contributed by atoms with Gasteiger partial charge < -0.3 is 4.74 Å². The topological polar surface area (TPSA) is 44.1 Å². The summed E-state index contributed by atoms with van der Waals surface area (Å²) in [5.41, 5.74) is 2.83. The minimum Gasteiger partial charge on any atom is -0.383 e. The highest BCUT2D eigenvalue weighted by Gasteiger charge is 2.17. The number of rotatable bonds is 7. The van der Waals surface area contributed by atoms with Gasteiger partial charge in [0.1, 0.15) is 5.69 Å². The van der Waals surface area contributed by atoms with Crippen LogP contribution in [0.15, 0.2) is 30.5 Å². The van der Waals surface area contributed by atoms with Gasteiger partial charge in [-0.2, -0.15) is 5.10 Å². The van der Waals surface area contributed by atoms with Crippen molar-refractivity contribution in [2.24, 2.45) is 0 Å². The fourth-order valence-electron chi connectivity index (χ4n) is 2.12. The van der Waals surface area contributed by atoms with Crippen LogP contribution in [-0.4, -0.2) is 29.3 Å². The first kappa shape index (κ1) is 15.7. The van der Waals surface area contributed by atoms with Crippen molar-refractivity contribution in [3.63, 3.8) is 0 Å². The highest BCUT2D eigenvalue weighted by atomic mass is 35.5. The molecular formula is C16H19ClN2O2. The number of carbonyl (C=O) groups is 1. The number of hydrogen-bond donors (Lipinski definition) is 0. The molecule has 0 N–H and O–H groups in total. The van der Waals surface area contributed by atoms with E-state index in [0.29, 0.717) is 36.7 Å². The lowest BCUT2D eigenvalue weighted by Gasteiger charge is -2.07. The Morgan fingerprint density at radius 3 is 2.71 bits per heavy atom. The highest BCUT2D eigenvalue weighted by Crippen LogP contribution is 2.18. The van der Waals surface area contributed by atoms with Crippen LogP contribution in [-0.2, 0) is 17.7 Å². The summed E-state index contributed by atoms with van der Waals surface area (Å²) in [7, 11) is 1.62. The number of aryl methyl sites for hydroxylation is 2. The SMILES string of the molecule is COCCn1ncc(Cl)c1C(=O)CCc1ccc(C)cc1. The van der Waals surface area contributed by atoms with Gasteiger partial charge in [-0.15, -0.1) is 0 Å². The number of carbonyl (C=O) groups excluding carboxylic acids is 1. The maximum absolute atomic E-state index is 12.4. The lowest BCUT2D eigenvalue weighted by atomic mass is 10.0. The second kappa shape index (κ2) is 7.38. The third-order valence-electron chi connectivity index (χ3n) is 3.33. The molecule has 0 fully saturated rings. The predicted molar refractivity (Wildman–Crippen MR) is 82.9 cm³/mol. The zero-order chi connectivity index (χ0) is 15.2. The molecule has 0 aliphatic carbocycles. The van der Waals surface area contributed by atoms with Crippen LogP contribution >= 0.6 is 11.6 Å². The molecule has 5 heteroatoms. The number of aromatic nitrogens is 2. The van der Waals surface area contributed by atoms with E-state index in [1.807, 2.05) is 19.1 Å². The Kier molecular flexibility index (Phi) is 5.53. The van der Waals surface area contributed by atoms with Crippen molar-refractivity contribution in [3.05, 3.63) is 52.3 Å². The number of benzene rings is 1. The third kappa shape index (κ3) is 4.16. The molecule has 1 aromatic carbocycles. The van der Waals surface area contributed by atoms with Crippen molar-refractivity contribution in [1.82, 2.24) is 9.78 Å². The molecule has 0 atom stereocenters. The molecule has 2 aromatic rings. The Morgan fingerprint density at radius 2 is 2.05 bits per heavy atom. The third-order valence-corrected chi connectivity index (χ3v) is 3.60. The molecule has 1 heterocycles.